The van der Waals surface area contributed by atoms with Crippen molar-refractivity contribution in [1.29, 1.82) is 0 Å². The number of aliphatic hydroxyl groups excluding tert-OH is 2. The van der Waals surface area contributed by atoms with Crippen LogP contribution in [0, 0.1) is 0 Å². The summed E-state index contributed by atoms with van der Waals surface area (Å²) in [5.41, 5.74) is -0.0643. The lowest BCUT2D eigenvalue weighted by molar-refractivity contribution is 0.118. The van der Waals surface area contributed by atoms with Crippen molar-refractivity contribution in [2.75, 3.05) is 6.61 Å². The molecule has 0 radical (unpaired) electrons. The van der Waals surface area contributed by atoms with E-state index in [0.717, 1.165) is 12.8 Å². The molecule has 0 bridgehead atoms. The standard InChI is InChI=1S/C10H23NO2/c1-5-10(4,6-7-12)11-8(2)9(3)13/h8-9,11-13H,5-7H2,1-4H3. The number of rotatable bonds is 6. The van der Waals surface area contributed by atoms with E-state index in [1.54, 1.807) is 6.92 Å². The fraction of sp³-hybridized carbons (Fsp3) is 1.00. The predicted octanol–water partition coefficient (Wildman–Crippen LogP) is 0.896. The Kier molecular flexibility index (Phi) is 5.53. The Morgan fingerprint density at radius 2 is 1.92 bits per heavy atom. The van der Waals surface area contributed by atoms with Gasteiger partial charge in [0.15, 0.2) is 0 Å². The second-order valence-electron chi connectivity index (χ2n) is 4.06. The third kappa shape index (κ3) is 4.60. The molecule has 0 aromatic heterocycles. The van der Waals surface area contributed by atoms with Crippen molar-refractivity contribution in [2.24, 2.45) is 0 Å². The molecular formula is C10H23NO2. The summed E-state index contributed by atoms with van der Waals surface area (Å²) in [6.45, 7) is 8.06. The van der Waals surface area contributed by atoms with E-state index >= 15 is 0 Å². The molecule has 3 nitrogen and oxygen atoms in total. The predicted molar refractivity (Wildman–Crippen MR) is 54.7 cm³/mol. The number of hydrogen-bond acceptors (Lipinski definition) is 3. The monoisotopic (exact) mass is 189 g/mol. The fourth-order valence-electron chi connectivity index (χ4n) is 1.27. The summed E-state index contributed by atoms with van der Waals surface area (Å²) in [4.78, 5) is 0. The molecule has 0 spiro atoms. The van der Waals surface area contributed by atoms with Gasteiger partial charge in [-0.3, -0.25) is 0 Å². The first-order valence-corrected chi connectivity index (χ1v) is 5.02. The zero-order chi connectivity index (χ0) is 10.5. The molecule has 0 rings (SSSR count). The van der Waals surface area contributed by atoms with E-state index in [1.807, 2.05) is 6.92 Å². The quantitative estimate of drug-likeness (QED) is 0.582. The topological polar surface area (TPSA) is 52.5 Å². The van der Waals surface area contributed by atoms with Gasteiger partial charge in [-0.25, -0.2) is 0 Å². The normalized spacial score (nSPS) is 20.8. The van der Waals surface area contributed by atoms with E-state index in [-0.39, 0.29) is 24.3 Å². The number of aliphatic hydroxyl groups is 2. The largest absolute Gasteiger partial charge is 0.396 e. The Bertz CT molecular complexity index is 139. The van der Waals surface area contributed by atoms with Crippen LogP contribution in [0.4, 0.5) is 0 Å². The lowest BCUT2D eigenvalue weighted by Gasteiger charge is -2.33. The van der Waals surface area contributed by atoms with Crippen molar-refractivity contribution in [2.45, 2.75) is 58.2 Å². The van der Waals surface area contributed by atoms with Crippen molar-refractivity contribution in [3.8, 4) is 0 Å². The number of nitrogens with one attached hydrogen (secondary N) is 1. The van der Waals surface area contributed by atoms with Crippen LogP contribution in [0.1, 0.15) is 40.5 Å². The van der Waals surface area contributed by atoms with Crippen LogP contribution >= 0.6 is 0 Å². The molecule has 0 amide bonds. The van der Waals surface area contributed by atoms with Crippen LogP contribution in [-0.2, 0) is 0 Å². The van der Waals surface area contributed by atoms with Gasteiger partial charge in [-0.2, -0.15) is 0 Å². The van der Waals surface area contributed by atoms with Gasteiger partial charge in [0.25, 0.3) is 0 Å². The van der Waals surface area contributed by atoms with Gasteiger partial charge in [0, 0.05) is 18.2 Å². The average molecular weight is 189 g/mol. The minimum Gasteiger partial charge on any atom is -0.396 e. The van der Waals surface area contributed by atoms with Crippen LogP contribution in [-0.4, -0.2) is 34.5 Å². The van der Waals surface area contributed by atoms with E-state index in [1.165, 1.54) is 0 Å². The molecule has 0 aliphatic rings. The van der Waals surface area contributed by atoms with E-state index in [4.69, 9.17) is 5.11 Å². The van der Waals surface area contributed by atoms with Crippen LogP contribution in [0.5, 0.6) is 0 Å². The summed E-state index contributed by atoms with van der Waals surface area (Å²) < 4.78 is 0. The molecule has 0 aliphatic heterocycles. The fourth-order valence-corrected chi connectivity index (χ4v) is 1.27. The first-order valence-electron chi connectivity index (χ1n) is 5.02. The van der Waals surface area contributed by atoms with Gasteiger partial charge in [-0.1, -0.05) is 6.92 Å². The van der Waals surface area contributed by atoms with E-state index in [0.29, 0.717) is 0 Å². The van der Waals surface area contributed by atoms with Gasteiger partial charge in [0.2, 0.25) is 0 Å². The highest BCUT2D eigenvalue weighted by Gasteiger charge is 2.24. The Labute approximate surface area is 81.2 Å². The summed E-state index contributed by atoms with van der Waals surface area (Å²) in [6.07, 6.45) is 1.31. The molecule has 3 N–H and O–H groups in total. The highest BCUT2D eigenvalue weighted by atomic mass is 16.3. The van der Waals surface area contributed by atoms with Crippen LogP contribution in [0.15, 0.2) is 0 Å². The zero-order valence-corrected chi connectivity index (χ0v) is 9.17. The SMILES string of the molecule is CCC(C)(CCO)NC(C)C(C)O. The van der Waals surface area contributed by atoms with Crippen molar-refractivity contribution in [3.05, 3.63) is 0 Å². The lowest BCUT2D eigenvalue weighted by Crippen LogP contribution is -2.50. The van der Waals surface area contributed by atoms with Crippen molar-refractivity contribution in [3.63, 3.8) is 0 Å². The summed E-state index contributed by atoms with van der Waals surface area (Å²) in [5, 5.41) is 21.5. The Morgan fingerprint density at radius 3 is 2.23 bits per heavy atom. The van der Waals surface area contributed by atoms with Crippen LogP contribution in [0.3, 0.4) is 0 Å². The van der Waals surface area contributed by atoms with Crippen molar-refractivity contribution < 1.29 is 10.2 Å². The van der Waals surface area contributed by atoms with Crippen LogP contribution < -0.4 is 5.32 Å². The maximum atomic E-state index is 9.32. The first kappa shape index (κ1) is 12.9. The molecule has 0 aromatic rings. The highest BCUT2D eigenvalue weighted by molar-refractivity contribution is 4.85. The molecule has 0 aromatic carbocycles. The van der Waals surface area contributed by atoms with E-state index < -0.39 is 0 Å². The van der Waals surface area contributed by atoms with Gasteiger partial charge in [0.1, 0.15) is 0 Å². The molecular weight excluding hydrogens is 166 g/mol. The maximum absolute atomic E-state index is 9.32. The first-order chi connectivity index (χ1) is 5.95. The number of hydrogen-bond donors (Lipinski definition) is 3. The van der Waals surface area contributed by atoms with Gasteiger partial charge < -0.3 is 15.5 Å². The molecule has 80 valence electrons. The lowest BCUT2D eigenvalue weighted by atomic mass is 9.93. The molecule has 3 atom stereocenters. The highest BCUT2D eigenvalue weighted by Crippen LogP contribution is 2.15. The second-order valence-corrected chi connectivity index (χ2v) is 4.06. The molecule has 13 heavy (non-hydrogen) atoms. The molecule has 0 saturated heterocycles. The van der Waals surface area contributed by atoms with Gasteiger partial charge in [-0.15, -0.1) is 0 Å². The smallest absolute Gasteiger partial charge is 0.0662 e. The molecule has 3 heteroatoms. The van der Waals surface area contributed by atoms with Crippen molar-refractivity contribution >= 4 is 0 Å². The zero-order valence-electron chi connectivity index (χ0n) is 9.17. The average Bonchev–Trinajstić information content (AvgIpc) is 2.04. The van der Waals surface area contributed by atoms with Gasteiger partial charge in [0.05, 0.1) is 6.10 Å². The molecule has 0 heterocycles. The van der Waals surface area contributed by atoms with Gasteiger partial charge in [-0.05, 0) is 33.6 Å². The third-order valence-electron chi connectivity index (χ3n) is 2.74. The Morgan fingerprint density at radius 1 is 1.38 bits per heavy atom. The molecule has 0 aliphatic carbocycles. The van der Waals surface area contributed by atoms with E-state index in [9.17, 15) is 5.11 Å². The molecule has 3 unspecified atom stereocenters. The van der Waals surface area contributed by atoms with Gasteiger partial charge >= 0.3 is 0 Å². The minimum absolute atomic E-state index is 0.0643. The van der Waals surface area contributed by atoms with E-state index in [2.05, 4.69) is 19.2 Å². The Balaban J connectivity index is 4.09. The molecule has 0 saturated carbocycles. The summed E-state index contributed by atoms with van der Waals surface area (Å²) in [7, 11) is 0. The summed E-state index contributed by atoms with van der Waals surface area (Å²) in [5.74, 6) is 0. The summed E-state index contributed by atoms with van der Waals surface area (Å²) in [6, 6.07) is 0.0662. The second kappa shape index (κ2) is 5.58. The Hall–Kier alpha value is -0.120. The van der Waals surface area contributed by atoms with Crippen LogP contribution in [0.25, 0.3) is 0 Å². The van der Waals surface area contributed by atoms with Crippen LogP contribution in [0.2, 0.25) is 0 Å². The summed E-state index contributed by atoms with van der Waals surface area (Å²) >= 11 is 0. The third-order valence-corrected chi connectivity index (χ3v) is 2.74. The minimum atomic E-state index is -0.357. The molecule has 0 fully saturated rings. The van der Waals surface area contributed by atoms with Crippen molar-refractivity contribution in [1.82, 2.24) is 5.32 Å². The maximum Gasteiger partial charge on any atom is 0.0662 e.